The van der Waals surface area contributed by atoms with E-state index < -0.39 is 0 Å². The van der Waals surface area contributed by atoms with Crippen LogP contribution in [0, 0.1) is 0 Å². The molecule has 0 aromatic carbocycles. The molecule has 0 amide bonds. The van der Waals surface area contributed by atoms with E-state index >= 15 is 0 Å². The summed E-state index contributed by atoms with van der Waals surface area (Å²) in [5.74, 6) is 2.64. The van der Waals surface area contributed by atoms with Gasteiger partial charge in [-0.1, -0.05) is 33.6 Å². The van der Waals surface area contributed by atoms with E-state index in [9.17, 15) is 0 Å². The van der Waals surface area contributed by atoms with Gasteiger partial charge in [0.25, 0.3) is 0 Å². The van der Waals surface area contributed by atoms with E-state index in [4.69, 9.17) is 0 Å². The minimum Gasteiger partial charge on any atom is -0.313 e. The van der Waals surface area contributed by atoms with Crippen molar-refractivity contribution in [3.63, 3.8) is 0 Å². The Morgan fingerprint density at radius 2 is 1.86 bits per heavy atom. The van der Waals surface area contributed by atoms with Crippen LogP contribution in [0.3, 0.4) is 0 Å². The molecule has 0 rings (SSSR count). The minimum absolute atomic E-state index is 0.738. The molecule has 0 aromatic rings. The van der Waals surface area contributed by atoms with Crippen molar-refractivity contribution >= 4 is 11.8 Å². The molecular formula is C12H27NS. The molecule has 0 fully saturated rings. The molecule has 86 valence electrons. The highest BCUT2D eigenvalue weighted by Crippen LogP contribution is 2.09. The van der Waals surface area contributed by atoms with Gasteiger partial charge in [0.2, 0.25) is 0 Å². The number of rotatable bonds is 10. The minimum atomic E-state index is 0.738. The largest absolute Gasteiger partial charge is 0.313 e. The maximum atomic E-state index is 3.59. The SMILES string of the molecule is CCCCCSCC(CC)NCCC. The zero-order chi connectivity index (χ0) is 10.6. The molecule has 14 heavy (non-hydrogen) atoms. The van der Waals surface area contributed by atoms with Gasteiger partial charge < -0.3 is 5.32 Å². The van der Waals surface area contributed by atoms with E-state index in [1.807, 2.05) is 0 Å². The van der Waals surface area contributed by atoms with Crippen molar-refractivity contribution in [1.82, 2.24) is 5.32 Å². The van der Waals surface area contributed by atoms with Crippen LogP contribution < -0.4 is 5.32 Å². The normalized spacial score (nSPS) is 13.1. The lowest BCUT2D eigenvalue weighted by atomic mass is 10.2. The quantitative estimate of drug-likeness (QED) is 0.560. The highest BCUT2D eigenvalue weighted by molar-refractivity contribution is 7.99. The lowest BCUT2D eigenvalue weighted by Crippen LogP contribution is -2.31. The summed E-state index contributed by atoms with van der Waals surface area (Å²) in [6.45, 7) is 7.95. The monoisotopic (exact) mass is 217 g/mol. The molecule has 0 bridgehead atoms. The second-order valence-electron chi connectivity index (χ2n) is 3.84. The van der Waals surface area contributed by atoms with Crippen LogP contribution in [0.1, 0.15) is 52.9 Å². The first-order valence-electron chi connectivity index (χ1n) is 6.16. The Kier molecular flexibility index (Phi) is 11.6. The molecule has 2 heteroatoms. The highest BCUT2D eigenvalue weighted by Gasteiger charge is 2.03. The molecular weight excluding hydrogens is 190 g/mol. The Balaban J connectivity index is 3.24. The first-order valence-corrected chi connectivity index (χ1v) is 7.31. The molecule has 0 saturated heterocycles. The molecule has 0 spiro atoms. The fourth-order valence-electron chi connectivity index (χ4n) is 1.35. The molecule has 0 saturated carbocycles. The summed E-state index contributed by atoms with van der Waals surface area (Å²) in [4.78, 5) is 0. The van der Waals surface area contributed by atoms with Gasteiger partial charge in [0.1, 0.15) is 0 Å². The van der Waals surface area contributed by atoms with E-state index in [1.54, 1.807) is 0 Å². The van der Waals surface area contributed by atoms with Crippen molar-refractivity contribution in [2.75, 3.05) is 18.1 Å². The molecule has 0 aliphatic rings. The maximum Gasteiger partial charge on any atom is 0.0155 e. The summed E-state index contributed by atoms with van der Waals surface area (Å²) in [6, 6.07) is 0.738. The summed E-state index contributed by atoms with van der Waals surface area (Å²) in [6.07, 6.45) is 6.64. The number of unbranched alkanes of at least 4 members (excludes halogenated alkanes) is 2. The van der Waals surface area contributed by atoms with E-state index in [2.05, 4.69) is 37.8 Å². The average molecular weight is 217 g/mol. The van der Waals surface area contributed by atoms with E-state index in [0.29, 0.717) is 0 Å². The van der Waals surface area contributed by atoms with Gasteiger partial charge in [-0.05, 0) is 31.6 Å². The molecule has 0 aromatic heterocycles. The van der Waals surface area contributed by atoms with Gasteiger partial charge in [-0.2, -0.15) is 11.8 Å². The topological polar surface area (TPSA) is 12.0 Å². The third-order valence-corrected chi connectivity index (χ3v) is 3.60. The number of thioether (sulfide) groups is 1. The van der Waals surface area contributed by atoms with Crippen molar-refractivity contribution in [3.05, 3.63) is 0 Å². The number of nitrogens with one attached hydrogen (secondary N) is 1. The molecule has 0 aliphatic carbocycles. The smallest absolute Gasteiger partial charge is 0.0155 e. The van der Waals surface area contributed by atoms with Crippen molar-refractivity contribution < 1.29 is 0 Å². The Morgan fingerprint density at radius 3 is 2.43 bits per heavy atom. The summed E-state index contributed by atoms with van der Waals surface area (Å²) in [7, 11) is 0. The van der Waals surface area contributed by atoms with Crippen molar-refractivity contribution in [3.8, 4) is 0 Å². The summed E-state index contributed by atoms with van der Waals surface area (Å²) < 4.78 is 0. The molecule has 1 atom stereocenters. The molecule has 1 nitrogen and oxygen atoms in total. The Bertz CT molecular complexity index is 106. The fraction of sp³-hybridized carbons (Fsp3) is 1.00. The van der Waals surface area contributed by atoms with Crippen LogP contribution in [0.25, 0.3) is 0 Å². The predicted octanol–water partition coefficient (Wildman–Crippen LogP) is 3.69. The van der Waals surface area contributed by atoms with Crippen LogP contribution in [-0.4, -0.2) is 24.1 Å². The van der Waals surface area contributed by atoms with Gasteiger partial charge in [0, 0.05) is 11.8 Å². The molecule has 0 radical (unpaired) electrons. The number of hydrogen-bond acceptors (Lipinski definition) is 2. The highest BCUT2D eigenvalue weighted by atomic mass is 32.2. The van der Waals surface area contributed by atoms with Crippen LogP contribution in [0.15, 0.2) is 0 Å². The third kappa shape index (κ3) is 8.89. The lowest BCUT2D eigenvalue weighted by molar-refractivity contribution is 0.539. The molecule has 0 aliphatic heterocycles. The van der Waals surface area contributed by atoms with Gasteiger partial charge in [0.15, 0.2) is 0 Å². The van der Waals surface area contributed by atoms with Gasteiger partial charge in [-0.25, -0.2) is 0 Å². The lowest BCUT2D eigenvalue weighted by Gasteiger charge is -2.15. The van der Waals surface area contributed by atoms with Crippen molar-refractivity contribution in [2.24, 2.45) is 0 Å². The van der Waals surface area contributed by atoms with E-state index in [1.165, 1.54) is 50.2 Å². The second kappa shape index (κ2) is 11.4. The van der Waals surface area contributed by atoms with Gasteiger partial charge >= 0.3 is 0 Å². The van der Waals surface area contributed by atoms with Crippen LogP contribution in [0.2, 0.25) is 0 Å². The van der Waals surface area contributed by atoms with Crippen LogP contribution in [0.4, 0.5) is 0 Å². The Morgan fingerprint density at radius 1 is 1.07 bits per heavy atom. The van der Waals surface area contributed by atoms with Gasteiger partial charge in [-0.15, -0.1) is 0 Å². The van der Waals surface area contributed by atoms with Crippen molar-refractivity contribution in [2.45, 2.75) is 58.9 Å². The Hall–Kier alpha value is 0.310. The average Bonchev–Trinajstić information content (AvgIpc) is 2.22. The van der Waals surface area contributed by atoms with E-state index in [0.717, 1.165) is 6.04 Å². The van der Waals surface area contributed by atoms with Gasteiger partial charge in [0.05, 0.1) is 0 Å². The number of hydrogen-bond donors (Lipinski definition) is 1. The molecule has 1 N–H and O–H groups in total. The maximum absolute atomic E-state index is 3.59. The first kappa shape index (κ1) is 14.3. The van der Waals surface area contributed by atoms with Crippen LogP contribution >= 0.6 is 11.8 Å². The van der Waals surface area contributed by atoms with Crippen LogP contribution in [-0.2, 0) is 0 Å². The molecule has 1 unspecified atom stereocenters. The fourth-order valence-corrected chi connectivity index (χ4v) is 2.56. The predicted molar refractivity (Wildman–Crippen MR) is 69.2 cm³/mol. The van der Waals surface area contributed by atoms with Crippen molar-refractivity contribution in [1.29, 1.82) is 0 Å². The standard InChI is InChI=1S/C12H27NS/c1-4-7-8-10-14-11-12(6-3)13-9-5-2/h12-13H,4-11H2,1-3H3. The summed E-state index contributed by atoms with van der Waals surface area (Å²) >= 11 is 2.11. The third-order valence-electron chi connectivity index (χ3n) is 2.39. The summed E-state index contributed by atoms with van der Waals surface area (Å²) in [5.41, 5.74) is 0. The summed E-state index contributed by atoms with van der Waals surface area (Å²) in [5, 5.41) is 3.59. The second-order valence-corrected chi connectivity index (χ2v) is 4.99. The zero-order valence-electron chi connectivity index (χ0n) is 10.1. The Labute approximate surface area is 94.4 Å². The van der Waals surface area contributed by atoms with E-state index in [-0.39, 0.29) is 0 Å². The molecule has 0 heterocycles. The van der Waals surface area contributed by atoms with Crippen LogP contribution in [0.5, 0.6) is 0 Å². The zero-order valence-corrected chi connectivity index (χ0v) is 11.0. The first-order chi connectivity index (χ1) is 6.85. The van der Waals surface area contributed by atoms with Gasteiger partial charge in [-0.3, -0.25) is 0 Å².